The largest absolute Gasteiger partial charge is 0.491 e. The molecule has 88 valence electrons. The SMILES string of the molecule is COc1cncc(S(N)(=O)=O)c1OC1CC1. The number of nitrogens with zero attached hydrogens (tertiary/aromatic N) is 1. The van der Waals surface area contributed by atoms with Gasteiger partial charge in [-0.15, -0.1) is 0 Å². The molecule has 1 aliphatic carbocycles. The fourth-order valence-corrected chi connectivity index (χ4v) is 1.84. The lowest BCUT2D eigenvalue weighted by atomic mass is 10.4. The molecule has 1 aromatic heterocycles. The molecule has 0 aromatic carbocycles. The summed E-state index contributed by atoms with van der Waals surface area (Å²) in [6.45, 7) is 0. The van der Waals surface area contributed by atoms with Crippen LogP contribution in [-0.2, 0) is 10.0 Å². The van der Waals surface area contributed by atoms with Crippen molar-refractivity contribution in [3.8, 4) is 11.5 Å². The van der Waals surface area contributed by atoms with E-state index in [4.69, 9.17) is 14.6 Å². The second-order valence-electron chi connectivity index (χ2n) is 3.53. The van der Waals surface area contributed by atoms with Gasteiger partial charge in [-0.2, -0.15) is 0 Å². The third-order valence-electron chi connectivity index (χ3n) is 2.17. The van der Waals surface area contributed by atoms with E-state index in [-0.39, 0.29) is 22.5 Å². The van der Waals surface area contributed by atoms with Gasteiger partial charge < -0.3 is 9.47 Å². The van der Waals surface area contributed by atoms with Gasteiger partial charge in [0.1, 0.15) is 4.90 Å². The average molecular weight is 244 g/mol. The monoisotopic (exact) mass is 244 g/mol. The van der Waals surface area contributed by atoms with Crippen LogP contribution in [0.2, 0.25) is 0 Å². The minimum atomic E-state index is -3.85. The van der Waals surface area contributed by atoms with Crippen molar-refractivity contribution in [2.24, 2.45) is 5.14 Å². The second-order valence-corrected chi connectivity index (χ2v) is 5.06. The fraction of sp³-hybridized carbons (Fsp3) is 0.444. The summed E-state index contributed by atoms with van der Waals surface area (Å²) in [6, 6.07) is 0. The van der Waals surface area contributed by atoms with Crippen LogP contribution < -0.4 is 14.6 Å². The first kappa shape index (κ1) is 11.2. The van der Waals surface area contributed by atoms with Crippen LogP contribution in [0.4, 0.5) is 0 Å². The van der Waals surface area contributed by atoms with Crippen molar-refractivity contribution in [3.63, 3.8) is 0 Å². The summed E-state index contributed by atoms with van der Waals surface area (Å²) in [5.74, 6) is 0.431. The third-order valence-corrected chi connectivity index (χ3v) is 3.07. The van der Waals surface area contributed by atoms with Gasteiger partial charge in [-0.25, -0.2) is 13.6 Å². The molecular weight excluding hydrogens is 232 g/mol. The molecule has 6 nitrogen and oxygen atoms in total. The van der Waals surface area contributed by atoms with Crippen molar-refractivity contribution in [1.82, 2.24) is 4.98 Å². The van der Waals surface area contributed by atoms with Gasteiger partial charge in [0.25, 0.3) is 0 Å². The molecule has 2 rings (SSSR count). The molecule has 1 fully saturated rings. The molecule has 0 aliphatic heterocycles. The van der Waals surface area contributed by atoms with Gasteiger partial charge in [0, 0.05) is 0 Å². The maximum Gasteiger partial charge on any atom is 0.243 e. The van der Waals surface area contributed by atoms with Crippen LogP contribution in [0.5, 0.6) is 11.5 Å². The van der Waals surface area contributed by atoms with Crippen molar-refractivity contribution in [1.29, 1.82) is 0 Å². The summed E-state index contributed by atoms with van der Waals surface area (Å²) >= 11 is 0. The van der Waals surface area contributed by atoms with Crippen molar-refractivity contribution in [2.75, 3.05) is 7.11 Å². The van der Waals surface area contributed by atoms with Gasteiger partial charge in [0.05, 0.1) is 25.6 Å². The summed E-state index contributed by atoms with van der Waals surface area (Å²) in [4.78, 5) is 3.61. The number of pyridine rings is 1. The van der Waals surface area contributed by atoms with Crippen molar-refractivity contribution in [3.05, 3.63) is 12.4 Å². The maximum absolute atomic E-state index is 11.3. The normalized spacial score (nSPS) is 15.9. The maximum atomic E-state index is 11.3. The molecule has 1 saturated carbocycles. The zero-order chi connectivity index (χ0) is 11.8. The van der Waals surface area contributed by atoms with Gasteiger partial charge in [0.15, 0.2) is 11.5 Å². The van der Waals surface area contributed by atoms with Gasteiger partial charge in [-0.05, 0) is 12.8 Å². The Kier molecular flexibility index (Phi) is 2.73. The van der Waals surface area contributed by atoms with E-state index < -0.39 is 10.0 Å². The summed E-state index contributed by atoms with van der Waals surface area (Å²) < 4.78 is 33.1. The Morgan fingerprint density at radius 1 is 1.44 bits per heavy atom. The van der Waals surface area contributed by atoms with Crippen LogP contribution in [0, 0.1) is 0 Å². The molecular formula is C9H12N2O4S. The third kappa shape index (κ3) is 2.25. The molecule has 0 bridgehead atoms. The summed E-state index contributed by atoms with van der Waals surface area (Å²) in [7, 11) is -2.43. The lowest BCUT2D eigenvalue weighted by Crippen LogP contribution is -2.15. The Morgan fingerprint density at radius 3 is 2.62 bits per heavy atom. The summed E-state index contributed by atoms with van der Waals surface area (Å²) in [5, 5.41) is 5.07. The number of hydrogen-bond donors (Lipinski definition) is 1. The van der Waals surface area contributed by atoms with E-state index in [9.17, 15) is 8.42 Å². The predicted molar refractivity (Wildman–Crippen MR) is 55.8 cm³/mol. The minimum Gasteiger partial charge on any atom is -0.491 e. The standard InChI is InChI=1S/C9H12N2O4S/c1-14-7-4-11-5-8(16(10,12)13)9(7)15-6-2-3-6/h4-6H,2-3H2,1H3,(H2,10,12,13). The number of aromatic nitrogens is 1. The molecule has 0 unspecified atom stereocenters. The van der Waals surface area contributed by atoms with Crippen molar-refractivity contribution < 1.29 is 17.9 Å². The number of ether oxygens (including phenoxy) is 2. The molecule has 16 heavy (non-hydrogen) atoms. The lowest BCUT2D eigenvalue weighted by Gasteiger charge is -2.12. The molecule has 0 spiro atoms. The minimum absolute atomic E-state index is 0.0526. The number of nitrogens with two attached hydrogens (primary N) is 1. The highest BCUT2D eigenvalue weighted by molar-refractivity contribution is 7.89. The Morgan fingerprint density at radius 2 is 2.12 bits per heavy atom. The molecule has 1 aliphatic rings. The Labute approximate surface area is 93.4 Å². The molecule has 0 amide bonds. The smallest absolute Gasteiger partial charge is 0.243 e. The molecule has 2 N–H and O–H groups in total. The van der Waals surface area contributed by atoms with E-state index in [0.717, 1.165) is 19.0 Å². The highest BCUT2D eigenvalue weighted by Gasteiger charge is 2.29. The predicted octanol–water partition coefficient (Wildman–Crippen LogP) is 0.279. The average Bonchev–Trinajstić information content (AvgIpc) is 3.00. The number of primary sulfonamides is 1. The molecule has 0 atom stereocenters. The van der Waals surface area contributed by atoms with E-state index in [1.165, 1.54) is 13.3 Å². The Balaban J connectivity index is 2.49. The van der Waals surface area contributed by atoms with Gasteiger partial charge >= 0.3 is 0 Å². The highest BCUT2D eigenvalue weighted by atomic mass is 32.2. The molecule has 1 heterocycles. The van der Waals surface area contributed by atoms with Gasteiger partial charge in [0.2, 0.25) is 10.0 Å². The van der Waals surface area contributed by atoms with E-state index in [1.54, 1.807) is 0 Å². The molecule has 7 heteroatoms. The van der Waals surface area contributed by atoms with Gasteiger partial charge in [-0.3, -0.25) is 4.98 Å². The zero-order valence-electron chi connectivity index (χ0n) is 8.71. The Hall–Kier alpha value is -1.34. The van der Waals surface area contributed by atoms with Crippen LogP contribution in [0.15, 0.2) is 17.3 Å². The first-order chi connectivity index (χ1) is 7.52. The van der Waals surface area contributed by atoms with Crippen LogP contribution in [0.3, 0.4) is 0 Å². The van der Waals surface area contributed by atoms with E-state index in [2.05, 4.69) is 4.98 Å². The van der Waals surface area contributed by atoms with E-state index in [0.29, 0.717) is 0 Å². The second kappa shape index (κ2) is 3.91. The van der Waals surface area contributed by atoms with E-state index >= 15 is 0 Å². The summed E-state index contributed by atoms with van der Waals surface area (Å²) in [5.41, 5.74) is 0. The quantitative estimate of drug-likeness (QED) is 0.821. The Bertz CT molecular complexity index is 496. The van der Waals surface area contributed by atoms with Crippen LogP contribution in [0.1, 0.15) is 12.8 Å². The van der Waals surface area contributed by atoms with Crippen molar-refractivity contribution >= 4 is 10.0 Å². The molecule has 1 aromatic rings. The molecule has 0 saturated heterocycles. The summed E-state index contributed by atoms with van der Waals surface area (Å²) in [6.07, 6.45) is 4.43. The van der Waals surface area contributed by atoms with E-state index in [1.807, 2.05) is 0 Å². The number of hydrogen-bond acceptors (Lipinski definition) is 5. The first-order valence-corrected chi connectivity index (χ1v) is 6.28. The van der Waals surface area contributed by atoms with Crippen LogP contribution in [-0.4, -0.2) is 26.6 Å². The number of methoxy groups -OCH3 is 1. The van der Waals surface area contributed by atoms with Crippen LogP contribution >= 0.6 is 0 Å². The van der Waals surface area contributed by atoms with Crippen molar-refractivity contribution in [2.45, 2.75) is 23.8 Å². The number of rotatable bonds is 4. The molecule has 0 radical (unpaired) electrons. The van der Waals surface area contributed by atoms with Gasteiger partial charge in [-0.1, -0.05) is 0 Å². The number of sulfonamides is 1. The zero-order valence-corrected chi connectivity index (χ0v) is 9.53. The fourth-order valence-electron chi connectivity index (χ4n) is 1.23. The lowest BCUT2D eigenvalue weighted by molar-refractivity contribution is 0.273. The van der Waals surface area contributed by atoms with Crippen LogP contribution in [0.25, 0.3) is 0 Å². The topological polar surface area (TPSA) is 91.5 Å². The highest BCUT2D eigenvalue weighted by Crippen LogP contribution is 2.37. The first-order valence-electron chi connectivity index (χ1n) is 4.74.